The third-order valence-corrected chi connectivity index (χ3v) is 3.70. The number of esters is 1. The second kappa shape index (κ2) is 8.19. The van der Waals surface area contributed by atoms with Gasteiger partial charge in [0.2, 0.25) is 0 Å². The van der Waals surface area contributed by atoms with Gasteiger partial charge in [-0.05, 0) is 43.2 Å². The van der Waals surface area contributed by atoms with Crippen LogP contribution in [0.1, 0.15) is 21.5 Å². The van der Waals surface area contributed by atoms with Crippen molar-refractivity contribution < 1.29 is 23.8 Å². The van der Waals surface area contributed by atoms with Crippen molar-refractivity contribution >= 4 is 17.6 Å². The van der Waals surface area contributed by atoms with Crippen molar-refractivity contribution in [2.75, 3.05) is 26.1 Å². The van der Waals surface area contributed by atoms with E-state index in [1.165, 1.54) is 20.3 Å². The molecule has 0 unspecified atom stereocenters. The molecule has 2 rings (SSSR count). The minimum atomic E-state index is -0.613. The molecule has 2 aromatic carbocycles. The number of para-hydroxylation sites is 1. The first kappa shape index (κ1) is 18.3. The molecule has 0 aliphatic heterocycles. The Kier molecular flexibility index (Phi) is 6.00. The van der Waals surface area contributed by atoms with Gasteiger partial charge in [0, 0.05) is 5.69 Å². The summed E-state index contributed by atoms with van der Waals surface area (Å²) in [6.07, 6.45) is 0. The Morgan fingerprint density at radius 1 is 0.960 bits per heavy atom. The van der Waals surface area contributed by atoms with Gasteiger partial charge < -0.3 is 19.5 Å². The number of carbonyl (C=O) groups excluding carboxylic acids is 2. The number of rotatable bonds is 6. The van der Waals surface area contributed by atoms with Crippen LogP contribution in [-0.4, -0.2) is 32.7 Å². The zero-order valence-electron chi connectivity index (χ0n) is 14.7. The van der Waals surface area contributed by atoms with Crippen molar-refractivity contribution in [3.05, 3.63) is 53.1 Å². The number of hydrogen-bond acceptors (Lipinski definition) is 5. The van der Waals surface area contributed by atoms with Gasteiger partial charge in [-0.3, -0.25) is 4.79 Å². The summed E-state index contributed by atoms with van der Waals surface area (Å²) in [4.78, 5) is 24.1. The quantitative estimate of drug-likeness (QED) is 0.816. The Hall–Kier alpha value is -3.02. The molecule has 132 valence electrons. The summed E-state index contributed by atoms with van der Waals surface area (Å²) in [7, 11) is 2.98. The SMILES string of the molecule is COc1ccc(C(=O)OCC(=O)Nc2c(C)cccc2C)cc1OC. The van der Waals surface area contributed by atoms with E-state index in [9.17, 15) is 9.59 Å². The van der Waals surface area contributed by atoms with E-state index in [2.05, 4.69) is 5.32 Å². The van der Waals surface area contributed by atoms with Crippen molar-refractivity contribution in [1.82, 2.24) is 0 Å². The van der Waals surface area contributed by atoms with E-state index in [-0.39, 0.29) is 12.2 Å². The van der Waals surface area contributed by atoms with Crippen molar-refractivity contribution in [3.8, 4) is 11.5 Å². The molecular formula is C19H21NO5. The normalized spacial score (nSPS) is 10.1. The minimum absolute atomic E-state index is 0.275. The monoisotopic (exact) mass is 343 g/mol. The summed E-state index contributed by atoms with van der Waals surface area (Å²) in [5.74, 6) is -0.0902. The highest BCUT2D eigenvalue weighted by atomic mass is 16.5. The van der Waals surface area contributed by atoms with E-state index in [0.717, 1.165) is 16.8 Å². The molecular weight excluding hydrogens is 322 g/mol. The molecule has 0 bridgehead atoms. The molecule has 1 N–H and O–H groups in total. The fraction of sp³-hybridized carbons (Fsp3) is 0.263. The van der Waals surface area contributed by atoms with Gasteiger partial charge in [0.25, 0.3) is 5.91 Å². The lowest BCUT2D eigenvalue weighted by Gasteiger charge is -2.12. The molecule has 6 heteroatoms. The summed E-state index contributed by atoms with van der Waals surface area (Å²) >= 11 is 0. The van der Waals surface area contributed by atoms with E-state index in [4.69, 9.17) is 14.2 Å². The van der Waals surface area contributed by atoms with Crippen molar-refractivity contribution in [1.29, 1.82) is 0 Å². The molecule has 0 aliphatic carbocycles. The first-order valence-corrected chi connectivity index (χ1v) is 7.71. The lowest BCUT2D eigenvalue weighted by molar-refractivity contribution is -0.119. The molecule has 0 aliphatic rings. The maximum absolute atomic E-state index is 12.1. The van der Waals surface area contributed by atoms with Gasteiger partial charge in [-0.15, -0.1) is 0 Å². The summed E-state index contributed by atoms with van der Waals surface area (Å²) in [5.41, 5.74) is 2.89. The topological polar surface area (TPSA) is 73.9 Å². The number of ether oxygens (including phenoxy) is 3. The summed E-state index contributed by atoms with van der Waals surface area (Å²) in [6, 6.07) is 10.4. The van der Waals surface area contributed by atoms with Crippen LogP contribution in [0.3, 0.4) is 0 Å². The Morgan fingerprint density at radius 3 is 2.20 bits per heavy atom. The summed E-state index contributed by atoms with van der Waals surface area (Å²) < 4.78 is 15.3. The van der Waals surface area contributed by atoms with Gasteiger partial charge in [0.1, 0.15) is 0 Å². The Labute approximate surface area is 146 Å². The van der Waals surface area contributed by atoms with E-state index in [1.807, 2.05) is 32.0 Å². The van der Waals surface area contributed by atoms with Crippen LogP contribution in [0.25, 0.3) is 0 Å². The number of benzene rings is 2. The molecule has 25 heavy (non-hydrogen) atoms. The fourth-order valence-corrected chi connectivity index (χ4v) is 2.36. The third-order valence-electron chi connectivity index (χ3n) is 3.70. The molecule has 6 nitrogen and oxygen atoms in total. The van der Waals surface area contributed by atoms with Crippen molar-refractivity contribution in [2.45, 2.75) is 13.8 Å². The number of aryl methyl sites for hydroxylation is 2. The number of hydrogen-bond donors (Lipinski definition) is 1. The Balaban J connectivity index is 1.99. The average molecular weight is 343 g/mol. The van der Waals surface area contributed by atoms with Crippen molar-refractivity contribution in [2.24, 2.45) is 0 Å². The predicted octanol–water partition coefficient (Wildman–Crippen LogP) is 3.12. The Bertz CT molecular complexity index is 765. The minimum Gasteiger partial charge on any atom is -0.493 e. The van der Waals surface area contributed by atoms with Crippen LogP contribution in [0.5, 0.6) is 11.5 Å². The molecule has 0 spiro atoms. The Morgan fingerprint density at radius 2 is 1.60 bits per heavy atom. The zero-order valence-corrected chi connectivity index (χ0v) is 14.7. The number of carbonyl (C=O) groups is 2. The van der Waals surface area contributed by atoms with Crippen molar-refractivity contribution in [3.63, 3.8) is 0 Å². The van der Waals surface area contributed by atoms with Crippen LogP contribution in [0.4, 0.5) is 5.69 Å². The molecule has 0 fully saturated rings. The van der Waals surface area contributed by atoms with E-state index in [1.54, 1.807) is 12.1 Å². The smallest absolute Gasteiger partial charge is 0.338 e. The highest BCUT2D eigenvalue weighted by molar-refractivity contribution is 5.96. The molecule has 0 saturated heterocycles. The standard InChI is InChI=1S/C19H21NO5/c1-12-6-5-7-13(2)18(12)20-17(21)11-25-19(22)14-8-9-15(23-3)16(10-14)24-4/h5-10H,11H2,1-4H3,(H,20,21). The fourth-order valence-electron chi connectivity index (χ4n) is 2.36. The van der Waals surface area contributed by atoms with Crippen LogP contribution in [0.2, 0.25) is 0 Å². The highest BCUT2D eigenvalue weighted by Gasteiger charge is 2.14. The molecule has 0 aromatic heterocycles. The summed E-state index contributed by atoms with van der Waals surface area (Å²) in [5, 5.41) is 2.77. The average Bonchev–Trinajstić information content (AvgIpc) is 2.62. The van der Waals surface area contributed by atoms with Crippen LogP contribution in [-0.2, 0) is 9.53 Å². The zero-order chi connectivity index (χ0) is 18.4. The number of amides is 1. The maximum Gasteiger partial charge on any atom is 0.338 e. The predicted molar refractivity (Wildman–Crippen MR) is 94.4 cm³/mol. The first-order valence-electron chi connectivity index (χ1n) is 7.71. The van der Waals surface area contributed by atoms with E-state index < -0.39 is 11.9 Å². The molecule has 0 saturated carbocycles. The second-order valence-corrected chi connectivity index (χ2v) is 5.46. The molecule has 1 amide bonds. The second-order valence-electron chi connectivity index (χ2n) is 5.46. The van der Waals surface area contributed by atoms with E-state index >= 15 is 0 Å². The lowest BCUT2D eigenvalue weighted by atomic mass is 10.1. The van der Waals surface area contributed by atoms with Crippen LogP contribution >= 0.6 is 0 Å². The maximum atomic E-state index is 12.1. The third kappa shape index (κ3) is 4.50. The molecule has 0 atom stereocenters. The highest BCUT2D eigenvalue weighted by Crippen LogP contribution is 2.27. The largest absolute Gasteiger partial charge is 0.493 e. The van der Waals surface area contributed by atoms with Gasteiger partial charge >= 0.3 is 5.97 Å². The molecule has 0 heterocycles. The van der Waals surface area contributed by atoms with Gasteiger partial charge in [-0.2, -0.15) is 0 Å². The van der Waals surface area contributed by atoms with E-state index in [0.29, 0.717) is 11.5 Å². The van der Waals surface area contributed by atoms with Gasteiger partial charge in [0.05, 0.1) is 19.8 Å². The molecule has 0 radical (unpaired) electrons. The molecule has 2 aromatic rings. The number of anilines is 1. The van der Waals surface area contributed by atoms with Gasteiger partial charge in [0.15, 0.2) is 18.1 Å². The first-order chi connectivity index (χ1) is 12.0. The van der Waals surface area contributed by atoms with Crippen LogP contribution in [0, 0.1) is 13.8 Å². The van der Waals surface area contributed by atoms with Crippen LogP contribution < -0.4 is 14.8 Å². The number of nitrogens with one attached hydrogen (secondary N) is 1. The number of methoxy groups -OCH3 is 2. The summed E-state index contributed by atoms with van der Waals surface area (Å²) in [6.45, 7) is 3.43. The lowest BCUT2D eigenvalue weighted by Crippen LogP contribution is -2.21. The van der Waals surface area contributed by atoms with Crippen LogP contribution in [0.15, 0.2) is 36.4 Å². The van der Waals surface area contributed by atoms with Gasteiger partial charge in [-0.25, -0.2) is 4.79 Å². The van der Waals surface area contributed by atoms with Gasteiger partial charge in [-0.1, -0.05) is 18.2 Å².